The molecule has 0 atom stereocenters. The number of nitrogens with zero attached hydrogens (tertiary/aromatic N) is 1. The summed E-state index contributed by atoms with van der Waals surface area (Å²) in [5, 5.41) is 3.44. The molecule has 6 nitrogen and oxygen atoms in total. The molecule has 1 heterocycles. The molecule has 0 aliphatic carbocycles. The Morgan fingerprint density at radius 1 is 1.10 bits per heavy atom. The standard InChI is InChI=1S/C24H21ClN2O4/c1-16-2-9-20(10-3-16)30-14-23(28)26-19-8-11-22-21(12-19)27(24(29)15-31-22)13-17-4-6-18(25)7-5-17/h2-12H,13-15H2,1H3,(H,26,28). The van der Waals surface area contributed by atoms with Gasteiger partial charge in [0.15, 0.2) is 13.2 Å². The van der Waals surface area contributed by atoms with Crippen LogP contribution >= 0.6 is 11.6 Å². The van der Waals surface area contributed by atoms with E-state index in [4.69, 9.17) is 21.1 Å². The minimum Gasteiger partial charge on any atom is -0.484 e. The highest BCUT2D eigenvalue weighted by atomic mass is 35.5. The van der Waals surface area contributed by atoms with Gasteiger partial charge in [0.05, 0.1) is 12.2 Å². The average molecular weight is 437 g/mol. The molecular formula is C24H21ClN2O4. The average Bonchev–Trinajstić information content (AvgIpc) is 2.77. The van der Waals surface area contributed by atoms with Crippen LogP contribution in [0.5, 0.6) is 11.5 Å². The summed E-state index contributed by atoms with van der Waals surface area (Å²) >= 11 is 5.95. The van der Waals surface area contributed by atoms with Gasteiger partial charge in [0.2, 0.25) is 0 Å². The van der Waals surface area contributed by atoms with Crippen molar-refractivity contribution in [2.45, 2.75) is 13.5 Å². The first-order chi connectivity index (χ1) is 15.0. The lowest BCUT2D eigenvalue weighted by Crippen LogP contribution is -2.38. The molecule has 0 aromatic heterocycles. The number of fused-ring (bicyclic) bond motifs is 1. The van der Waals surface area contributed by atoms with E-state index < -0.39 is 0 Å². The van der Waals surface area contributed by atoms with Crippen molar-refractivity contribution in [1.29, 1.82) is 0 Å². The molecule has 0 fully saturated rings. The van der Waals surface area contributed by atoms with Gasteiger partial charge in [0.25, 0.3) is 11.8 Å². The highest BCUT2D eigenvalue weighted by molar-refractivity contribution is 6.30. The largest absolute Gasteiger partial charge is 0.484 e. The number of amides is 2. The van der Waals surface area contributed by atoms with E-state index in [-0.39, 0.29) is 25.0 Å². The highest BCUT2D eigenvalue weighted by Crippen LogP contribution is 2.35. The zero-order valence-corrected chi connectivity index (χ0v) is 17.7. The Bertz CT molecular complexity index is 1100. The lowest BCUT2D eigenvalue weighted by molar-refractivity contribution is -0.121. The van der Waals surface area contributed by atoms with Crippen molar-refractivity contribution in [3.63, 3.8) is 0 Å². The van der Waals surface area contributed by atoms with Crippen LogP contribution in [0.25, 0.3) is 0 Å². The molecule has 4 rings (SSSR count). The van der Waals surface area contributed by atoms with E-state index in [1.54, 1.807) is 35.2 Å². The van der Waals surface area contributed by atoms with Crippen molar-refractivity contribution in [3.8, 4) is 11.5 Å². The summed E-state index contributed by atoms with van der Waals surface area (Å²) in [6.07, 6.45) is 0. The fourth-order valence-corrected chi connectivity index (χ4v) is 3.33. The Kier molecular flexibility index (Phi) is 6.09. The Morgan fingerprint density at radius 3 is 2.58 bits per heavy atom. The molecule has 0 saturated carbocycles. The Labute approximate surface area is 185 Å². The first-order valence-electron chi connectivity index (χ1n) is 9.79. The number of anilines is 2. The minimum atomic E-state index is -0.298. The second-order valence-electron chi connectivity index (χ2n) is 7.23. The fourth-order valence-electron chi connectivity index (χ4n) is 3.21. The van der Waals surface area contributed by atoms with Gasteiger partial charge in [-0.1, -0.05) is 41.4 Å². The molecule has 0 unspecified atom stereocenters. The quantitative estimate of drug-likeness (QED) is 0.613. The molecule has 2 amide bonds. The van der Waals surface area contributed by atoms with Crippen molar-refractivity contribution in [1.82, 2.24) is 0 Å². The Hall–Kier alpha value is -3.51. The lowest BCUT2D eigenvalue weighted by atomic mass is 10.1. The molecule has 0 radical (unpaired) electrons. The third kappa shape index (κ3) is 5.16. The van der Waals surface area contributed by atoms with Gasteiger partial charge in [-0.3, -0.25) is 9.59 Å². The molecule has 1 aliphatic rings. The van der Waals surface area contributed by atoms with Gasteiger partial charge >= 0.3 is 0 Å². The van der Waals surface area contributed by atoms with E-state index in [2.05, 4.69) is 5.32 Å². The van der Waals surface area contributed by atoms with E-state index in [1.807, 2.05) is 43.3 Å². The van der Waals surface area contributed by atoms with Crippen LogP contribution in [0.1, 0.15) is 11.1 Å². The van der Waals surface area contributed by atoms with Crippen molar-refractivity contribution < 1.29 is 19.1 Å². The van der Waals surface area contributed by atoms with E-state index >= 15 is 0 Å². The maximum Gasteiger partial charge on any atom is 0.265 e. The van der Waals surface area contributed by atoms with Crippen LogP contribution < -0.4 is 19.7 Å². The molecular weight excluding hydrogens is 416 g/mol. The Morgan fingerprint density at radius 2 is 1.84 bits per heavy atom. The van der Waals surface area contributed by atoms with Gasteiger partial charge in [0, 0.05) is 10.7 Å². The number of hydrogen-bond donors (Lipinski definition) is 1. The summed E-state index contributed by atoms with van der Waals surface area (Å²) in [6.45, 7) is 2.21. The third-order valence-electron chi connectivity index (χ3n) is 4.83. The number of benzene rings is 3. The van der Waals surface area contributed by atoms with Crippen molar-refractivity contribution in [2.24, 2.45) is 0 Å². The molecule has 31 heavy (non-hydrogen) atoms. The molecule has 158 valence electrons. The number of ether oxygens (including phenoxy) is 2. The Balaban J connectivity index is 1.46. The number of carbonyl (C=O) groups is 2. The molecule has 7 heteroatoms. The number of nitrogens with one attached hydrogen (secondary N) is 1. The van der Waals surface area contributed by atoms with E-state index in [0.717, 1.165) is 11.1 Å². The van der Waals surface area contributed by atoms with E-state index in [9.17, 15) is 9.59 Å². The molecule has 1 N–H and O–H groups in total. The zero-order chi connectivity index (χ0) is 21.8. The van der Waals surface area contributed by atoms with Gasteiger partial charge < -0.3 is 19.7 Å². The van der Waals surface area contributed by atoms with Gasteiger partial charge in [-0.05, 0) is 55.0 Å². The monoisotopic (exact) mass is 436 g/mol. The molecule has 0 saturated heterocycles. The maximum atomic E-state index is 12.5. The van der Waals surface area contributed by atoms with Gasteiger partial charge in [0.1, 0.15) is 11.5 Å². The van der Waals surface area contributed by atoms with Gasteiger partial charge in [-0.25, -0.2) is 0 Å². The summed E-state index contributed by atoms with van der Waals surface area (Å²) in [6, 6.07) is 20.0. The third-order valence-corrected chi connectivity index (χ3v) is 5.08. The molecule has 3 aromatic rings. The minimum absolute atomic E-state index is 0.0311. The van der Waals surface area contributed by atoms with Crippen LogP contribution in [0.2, 0.25) is 5.02 Å². The predicted molar refractivity (Wildman–Crippen MR) is 120 cm³/mol. The van der Waals surface area contributed by atoms with E-state index in [0.29, 0.717) is 34.4 Å². The fraction of sp³-hybridized carbons (Fsp3) is 0.167. The number of rotatable bonds is 6. The van der Waals surface area contributed by atoms with Crippen LogP contribution in [-0.4, -0.2) is 25.0 Å². The van der Waals surface area contributed by atoms with Crippen LogP contribution in [0.15, 0.2) is 66.7 Å². The first-order valence-corrected chi connectivity index (χ1v) is 10.2. The van der Waals surface area contributed by atoms with Crippen LogP contribution in [0.4, 0.5) is 11.4 Å². The molecule has 1 aliphatic heterocycles. The molecule has 0 bridgehead atoms. The number of aryl methyl sites for hydroxylation is 1. The van der Waals surface area contributed by atoms with Crippen LogP contribution in [-0.2, 0) is 16.1 Å². The maximum absolute atomic E-state index is 12.5. The SMILES string of the molecule is Cc1ccc(OCC(=O)Nc2ccc3c(c2)N(Cc2ccc(Cl)cc2)C(=O)CO3)cc1. The molecule has 0 spiro atoms. The summed E-state index contributed by atoms with van der Waals surface area (Å²) in [7, 11) is 0. The van der Waals surface area contributed by atoms with Gasteiger partial charge in [-0.2, -0.15) is 0 Å². The van der Waals surface area contributed by atoms with E-state index in [1.165, 1.54) is 0 Å². The predicted octanol–water partition coefficient (Wildman–Crippen LogP) is 4.59. The van der Waals surface area contributed by atoms with Crippen molar-refractivity contribution >= 4 is 34.8 Å². The second kappa shape index (κ2) is 9.10. The summed E-state index contributed by atoms with van der Waals surface area (Å²) in [4.78, 5) is 26.5. The number of carbonyl (C=O) groups excluding carboxylic acids is 2. The van der Waals surface area contributed by atoms with Crippen molar-refractivity contribution in [3.05, 3.63) is 82.9 Å². The van der Waals surface area contributed by atoms with Crippen LogP contribution in [0.3, 0.4) is 0 Å². The normalized spacial score (nSPS) is 12.7. The summed E-state index contributed by atoms with van der Waals surface area (Å²) < 4.78 is 11.1. The summed E-state index contributed by atoms with van der Waals surface area (Å²) in [5.41, 5.74) is 3.21. The van der Waals surface area contributed by atoms with Crippen molar-refractivity contribution in [2.75, 3.05) is 23.4 Å². The smallest absolute Gasteiger partial charge is 0.265 e. The van der Waals surface area contributed by atoms with Crippen LogP contribution in [0, 0.1) is 6.92 Å². The highest BCUT2D eigenvalue weighted by Gasteiger charge is 2.26. The topological polar surface area (TPSA) is 67.9 Å². The lowest BCUT2D eigenvalue weighted by Gasteiger charge is -2.30. The number of halogens is 1. The first kappa shape index (κ1) is 20.8. The van der Waals surface area contributed by atoms with Gasteiger partial charge in [-0.15, -0.1) is 0 Å². The summed E-state index contributed by atoms with van der Waals surface area (Å²) in [5.74, 6) is 0.753. The number of hydrogen-bond acceptors (Lipinski definition) is 4. The molecule has 3 aromatic carbocycles. The zero-order valence-electron chi connectivity index (χ0n) is 16.9. The second-order valence-corrected chi connectivity index (χ2v) is 7.66.